The van der Waals surface area contributed by atoms with Crippen molar-refractivity contribution in [1.82, 2.24) is 20.1 Å². The first-order chi connectivity index (χ1) is 9.54. The molecule has 0 saturated carbocycles. The van der Waals surface area contributed by atoms with Crippen molar-refractivity contribution in [3.8, 4) is 5.69 Å². The summed E-state index contributed by atoms with van der Waals surface area (Å²) in [5.41, 5.74) is 4.97. The summed E-state index contributed by atoms with van der Waals surface area (Å²) in [4.78, 5) is 4.39. The molecule has 2 aromatic heterocycles. The van der Waals surface area contributed by atoms with Gasteiger partial charge in [-0.1, -0.05) is 18.5 Å². The number of rotatable bonds is 5. The third kappa shape index (κ3) is 3.02. The third-order valence-corrected chi connectivity index (χ3v) is 3.82. The van der Waals surface area contributed by atoms with Crippen LogP contribution in [0.25, 0.3) is 5.69 Å². The van der Waals surface area contributed by atoms with Gasteiger partial charge >= 0.3 is 0 Å². The van der Waals surface area contributed by atoms with Gasteiger partial charge in [0.1, 0.15) is 0 Å². The monoisotopic (exact) mass is 292 g/mol. The highest BCUT2D eigenvalue weighted by atomic mass is 35.5. The molecular weight excluding hydrogens is 272 g/mol. The Hall–Kier alpha value is -1.39. The van der Waals surface area contributed by atoms with E-state index in [1.807, 2.05) is 31.6 Å². The van der Waals surface area contributed by atoms with Crippen LogP contribution in [-0.2, 0) is 6.54 Å². The zero-order chi connectivity index (χ0) is 14.7. The van der Waals surface area contributed by atoms with Crippen molar-refractivity contribution < 1.29 is 0 Å². The maximum Gasteiger partial charge on any atom is 0.0848 e. The van der Waals surface area contributed by atoms with Gasteiger partial charge in [-0.25, -0.2) is 4.68 Å². The van der Waals surface area contributed by atoms with E-state index in [9.17, 15) is 0 Å². The topological polar surface area (TPSA) is 42.7 Å². The van der Waals surface area contributed by atoms with Crippen molar-refractivity contribution in [2.75, 3.05) is 6.54 Å². The zero-order valence-electron chi connectivity index (χ0n) is 12.5. The molecule has 0 spiro atoms. The Morgan fingerprint density at radius 2 is 2.05 bits per heavy atom. The van der Waals surface area contributed by atoms with Gasteiger partial charge in [-0.15, -0.1) is 0 Å². The van der Waals surface area contributed by atoms with Crippen LogP contribution in [0.5, 0.6) is 0 Å². The summed E-state index contributed by atoms with van der Waals surface area (Å²) in [5, 5.41) is 8.68. The van der Waals surface area contributed by atoms with Gasteiger partial charge < -0.3 is 5.32 Å². The van der Waals surface area contributed by atoms with E-state index in [-0.39, 0.29) is 0 Å². The van der Waals surface area contributed by atoms with E-state index >= 15 is 0 Å². The second-order valence-electron chi connectivity index (χ2n) is 5.03. The summed E-state index contributed by atoms with van der Waals surface area (Å²) in [6.07, 6.45) is 3.03. The second kappa shape index (κ2) is 6.37. The van der Waals surface area contributed by atoms with Crippen molar-refractivity contribution in [2.24, 2.45) is 0 Å². The normalized spacial score (nSPS) is 11.1. The molecule has 20 heavy (non-hydrogen) atoms. The summed E-state index contributed by atoms with van der Waals surface area (Å²) in [5.74, 6) is 0. The lowest BCUT2D eigenvalue weighted by atomic mass is 10.2. The van der Waals surface area contributed by atoms with Gasteiger partial charge in [-0.3, -0.25) is 4.98 Å². The summed E-state index contributed by atoms with van der Waals surface area (Å²) in [7, 11) is 0. The van der Waals surface area contributed by atoms with Gasteiger partial charge in [0.05, 0.1) is 22.1 Å². The molecule has 0 atom stereocenters. The number of hydrogen-bond acceptors (Lipinski definition) is 3. The third-order valence-electron chi connectivity index (χ3n) is 3.27. The molecule has 0 aliphatic rings. The standard InChI is InChI=1S/C15H21ClN4/c1-5-6-17-8-13-9-18-10(2)7-14(13)20-12(4)15(16)11(3)19-20/h7,9,17H,5-6,8H2,1-4H3. The van der Waals surface area contributed by atoms with Crippen molar-refractivity contribution in [3.63, 3.8) is 0 Å². The second-order valence-corrected chi connectivity index (χ2v) is 5.41. The van der Waals surface area contributed by atoms with Gasteiger partial charge in [0.2, 0.25) is 0 Å². The minimum absolute atomic E-state index is 0.729. The minimum atomic E-state index is 0.729. The summed E-state index contributed by atoms with van der Waals surface area (Å²) >= 11 is 6.25. The van der Waals surface area contributed by atoms with E-state index in [1.165, 1.54) is 0 Å². The predicted molar refractivity (Wildman–Crippen MR) is 82.6 cm³/mol. The first-order valence-electron chi connectivity index (χ1n) is 6.93. The van der Waals surface area contributed by atoms with Crippen molar-refractivity contribution in [3.05, 3.63) is 39.9 Å². The Kier molecular flexibility index (Phi) is 4.78. The molecule has 5 heteroatoms. The molecule has 2 aromatic rings. The van der Waals surface area contributed by atoms with Gasteiger partial charge in [-0.2, -0.15) is 5.10 Å². The summed E-state index contributed by atoms with van der Waals surface area (Å²) in [6.45, 7) is 9.83. The van der Waals surface area contributed by atoms with Crippen LogP contribution >= 0.6 is 11.6 Å². The molecule has 0 aliphatic carbocycles. The molecule has 1 N–H and O–H groups in total. The molecule has 0 aliphatic heterocycles. The molecule has 2 rings (SSSR count). The van der Waals surface area contributed by atoms with E-state index in [0.717, 1.165) is 52.9 Å². The van der Waals surface area contributed by atoms with Crippen molar-refractivity contribution in [1.29, 1.82) is 0 Å². The van der Waals surface area contributed by atoms with Gasteiger partial charge in [0.25, 0.3) is 0 Å². The highest BCUT2D eigenvalue weighted by Crippen LogP contribution is 2.24. The molecule has 0 aromatic carbocycles. The van der Waals surface area contributed by atoms with Crippen LogP contribution in [0.1, 0.15) is 36.0 Å². The number of aromatic nitrogens is 3. The number of nitrogens with zero attached hydrogens (tertiary/aromatic N) is 3. The molecule has 0 radical (unpaired) electrons. The van der Waals surface area contributed by atoms with Gasteiger partial charge in [0, 0.05) is 24.0 Å². The molecule has 108 valence electrons. The number of aryl methyl sites for hydroxylation is 2. The largest absolute Gasteiger partial charge is 0.313 e. The van der Waals surface area contributed by atoms with E-state index < -0.39 is 0 Å². The van der Waals surface area contributed by atoms with Crippen LogP contribution in [0, 0.1) is 20.8 Å². The Bertz CT molecular complexity index is 604. The summed E-state index contributed by atoms with van der Waals surface area (Å²) < 4.78 is 1.91. The maximum atomic E-state index is 6.25. The molecule has 0 bridgehead atoms. The molecule has 0 fully saturated rings. The molecule has 2 heterocycles. The molecule has 0 unspecified atom stereocenters. The number of pyridine rings is 1. The smallest absolute Gasteiger partial charge is 0.0848 e. The van der Waals surface area contributed by atoms with E-state index in [0.29, 0.717) is 0 Å². The Labute approximate surface area is 125 Å². The maximum absolute atomic E-state index is 6.25. The quantitative estimate of drug-likeness (QED) is 0.860. The van der Waals surface area contributed by atoms with E-state index in [4.69, 9.17) is 11.6 Å². The fraction of sp³-hybridized carbons (Fsp3) is 0.467. The van der Waals surface area contributed by atoms with Crippen molar-refractivity contribution in [2.45, 2.75) is 40.7 Å². The van der Waals surface area contributed by atoms with Crippen LogP contribution in [0.3, 0.4) is 0 Å². The predicted octanol–water partition coefficient (Wildman–Crippen LogP) is 3.35. The van der Waals surface area contributed by atoms with E-state index in [1.54, 1.807) is 0 Å². The Balaban J connectivity index is 2.43. The average molecular weight is 293 g/mol. The van der Waals surface area contributed by atoms with Crippen molar-refractivity contribution >= 4 is 11.6 Å². The lowest BCUT2D eigenvalue weighted by Crippen LogP contribution is -2.16. The lowest BCUT2D eigenvalue weighted by molar-refractivity contribution is 0.666. The zero-order valence-corrected chi connectivity index (χ0v) is 13.3. The highest BCUT2D eigenvalue weighted by molar-refractivity contribution is 6.31. The fourth-order valence-corrected chi connectivity index (χ4v) is 2.28. The first-order valence-corrected chi connectivity index (χ1v) is 7.30. The van der Waals surface area contributed by atoms with Crippen LogP contribution in [0.15, 0.2) is 12.3 Å². The number of hydrogen-bond donors (Lipinski definition) is 1. The molecule has 4 nitrogen and oxygen atoms in total. The van der Waals surface area contributed by atoms with Crippen LogP contribution in [-0.4, -0.2) is 21.3 Å². The lowest BCUT2D eigenvalue weighted by Gasteiger charge is -2.12. The van der Waals surface area contributed by atoms with Crippen LogP contribution in [0.2, 0.25) is 5.02 Å². The summed E-state index contributed by atoms with van der Waals surface area (Å²) in [6, 6.07) is 2.05. The Morgan fingerprint density at radius 1 is 1.30 bits per heavy atom. The number of nitrogens with one attached hydrogen (secondary N) is 1. The van der Waals surface area contributed by atoms with Crippen LogP contribution in [0.4, 0.5) is 0 Å². The molecule has 0 saturated heterocycles. The highest BCUT2D eigenvalue weighted by Gasteiger charge is 2.14. The SMILES string of the molecule is CCCNCc1cnc(C)cc1-n1nc(C)c(Cl)c1C. The van der Waals surface area contributed by atoms with Gasteiger partial charge in [-0.05, 0) is 39.8 Å². The fourth-order valence-electron chi connectivity index (χ4n) is 2.17. The molecular formula is C15H21ClN4. The van der Waals surface area contributed by atoms with E-state index in [2.05, 4.69) is 28.4 Å². The number of halogens is 1. The molecule has 0 amide bonds. The average Bonchev–Trinajstić information content (AvgIpc) is 2.68. The Morgan fingerprint density at radius 3 is 2.65 bits per heavy atom. The van der Waals surface area contributed by atoms with Crippen LogP contribution < -0.4 is 5.32 Å². The first kappa shape index (κ1) is 15.0. The van der Waals surface area contributed by atoms with Gasteiger partial charge in [0.15, 0.2) is 0 Å². The minimum Gasteiger partial charge on any atom is -0.313 e.